The van der Waals surface area contributed by atoms with Crippen LogP contribution in [0.5, 0.6) is 0 Å². The Hall–Kier alpha value is -1.86. The lowest BCUT2D eigenvalue weighted by Crippen LogP contribution is -1.96. The van der Waals surface area contributed by atoms with Crippen molar-refractivity contribution in [3.63, 3.8) is 0 Å². The Balaban J connectivity index is 2.15. The van der Waals surface area contributed by atoms with E-state index >= 15 is 0 Å². The molecule has 0 saturated carbocycles. The second kappa shape index (κ2) is 7.24. The van der Waals surface area contributed by atoms with E-state index in [1.165, 1.54) is 18.4 Å². The Morgan fingerprint density at radius 3 is 2.52 bits per heavy atom. The van der Waals surface area contributed by atoms with Gasteiger partial charge in [-0.3, -0.25) is 0 Å². The minimum atomic E-state index is -0.455. The number of hydrogen-bond acceptors (Lipinski definition) is 2. The van der Waals surface area contributed by atoms with Gasteiger partial charge in [-0.25, -0.2) is 4.39 Å². The van der Waals surface area contributed by atoms with Gasteiger partial charge in [0.2, 0.25) is 0 Å². The molecule has 0 aromatic heterocycles. The lowest BCUT2D eigenvalue weighted by molar-refractivity contribution is 0.624. The van der Waals surface area contributed by atoms with Gasteiger partial charge in [0.1, 0.15) is 6.07 Å². The quantitative estimate of drug-likeness (QED) is 0.770. The number of anilines is 2. The number of nitriles is 1. The molecule has 0 amide bonds. The highest BCUT2D eigenvalue weighted by atomic mass is 79.9. The molecule has 0 atom stereocenters. The number of halogens is 2. The highest BCUT2D eigenvalue weighted by Crippen LogP contribution is 2.28. The van der Waals surface area contributed by atoms with E-state index in [0.29, 0.717) is 5.69 Å². The van der Waals surface area contributed by atoms with Crippen LogP contribution >= 0.6 is 15.9 Å². The Bertz CT molecular complexity index is 660. The van der Waals surface area contributed by atoms with Gasteiger partial charge in [-0.2, -0.15) is 5.26 Å². The van der Waals surface area contributed by atoms with Crippen LogP contribution in [0.4, 0.5) is 15.8 Å². The summed E-state index contributed by atoms with van der Waals surface area (Å²) in [5.41, 5.74) is 2.74. The second-order valence-electron chi connectivity index (χ2n) is 4.83. The number of benzene rings is 2. The summed E-state index contributed by atoms with van der Waals surface area (Å²) in [7, 11) is 0. The van der Waals surface area contributed by atoms with E-state index in [1.807, 2.05) is 18.2 Å². The lowest BCUT2D eigenvalue weighted by atomic mass is 10.1. The zero-order valence-electron chi connectivity index (χ0n) is 11.8. The van der Waals surface area contributed by atoms with Gasteiger partial charge in [0.25, 0.3) is 0 Å². The van der Waals surface area contributed by atoms with E-state index in [2.05, 4.69) is 40.3 Å². The van der Waals surface area contributed by atoms with Crippen molar-refractivity contribution in [2.75, 3.05) is 5.32 Å². The van der Waals surface area contributed by atoms with Gasteiger partial charge in [-0.15, -0.1) is 0 Å². The maximum absolute atomic E-state index is 14.1. The van der Waals surface area contributed by atoms with Crippen LogP contribution in [0.25, 0.3) is 0 Å². The molecular weight excluding hydrogens is 331 g/mol. The topological polar surface area (TPSA) is 35.8 Å². The number of unbranched alkanes of at least 4 members (excludes halogenated alkanes) is 1. The van der Waals surface area contributed by atoms with E-state index in [1.54, 1.807) is 12.1 Å². The third-order valence-corrected chi connectivity index (χ3v) is 4.03. The molecule has 2 aromatic carbocycles. The van der Waals surface area contributed by atoms with Gasteiger partial charge < -0.3 is 5.32 Å². The average molecular weight is 347 g/mol. The molecule has 0 saturated heterocycles. The fraction of sp³-hybridized carbons (Fsp3) is 0.235. The fourth-order valence-electron chi connectivity index (χ4n) is 2.02. The van der Waals surface area contributed by atoms with Crippen LogP contribution in [0.15, 0.2) is 40.9 Å². The molecule has 0 spiro atoms. The zero-order valence-corrected chi connectivity index (χ0v) is 13.4. The van der Waals surface area contributed by atoms with Crippen molar-refractivity contribution in [1.82, 2.24) is 0 Å². The molecule has 0 radical (unpaired) electrons. The molecule has 4 heteroatoms. The molecule has 21 heavy (non-hydrogen) atoms. The van der Waals surface area contributed by atoms with Gasteiger partial charge in [0.05, 0.1) is 15.7 Å². The summed E-state index contributed by atoms with van der Waals surface area (Å²) in [5.74, 6) is -0.455. The monoisotopic (exact) mass is 346 g/mol. The van der Waals surface area contributed by atoms with Gasteiger partial charge in [-0.05, 0) is 58.6 Å². The van der Waals surface area contributed by atoms with Crippen LogP contribution < -0.4 is 5.32 Å². The summed E-state index contributed by atoms with van der Waals surface area (Å²) >= 11 is 3.11. The third kappa shape index (κ3) is 3.83. The Morgan fingerprint density at radius 1 is 1.19 bits per heavy atom. The largest absolute Gasteiger partial charge is 0.353 e. The van der Waals surface area contributed by atoms with E-state index in [0.717, 1.165) is 12.1 Å². The van der Waals surface area contributed by atoms with Crippen LogP contribution in [-0.4, -0.2) is 0 Å². The number of hydrogen-bond donors (Lipinski definition) is 1. The fourth-order valence-corrected chi connectivity index (χ4v) is 2.46. The first kappa shape index (κ1) is 15.5. The minimum absolute atomic E-state index is 0.189. The smallest absolute Gasteiger partial charge is 0.162 e. The SMILES string of the molecule is CCCCc1ccc(Nc2ccc(C#N)c(Br)c2F)cc1. The summed E-state index contributed by atoms with van der Waals surface area (Å²) in [5, 5.41) is 11.9. The number of nitrogens with one attached hydrogen (secondary N) is 1. The van der Waals surface area contributed by atoms with Gasteiger partial charge in [0.15, 0.2) is 5.82 Å². The van der Waals surface area contributed by atoms with Crippen molar-refractivity contribution in [1.29, 1.82) is 5.26 Å². The normalized spacial score (nSPS) is 10.2. The third-order valence-electron chi connectivity index (χ3n) is 3.25. The zero-order chi connectivity index (χ0) is 15.2. The molecule has 1 N–H and O–H groups in total. The van der Waals surface area contributed by atoms with Crippen LogP contribution in [-0.2, 0) is 6.42 Å². The molecule has 0 heterocycles. The Kier molecular flexibility index (Phi) is 5.35. The molecule has 2 nitrogen and oxygen atoms in total. The van der Waals surface area contributed by atoms with Crippen molar-refractivity contribution >= 4 is 27.3 Å². The van der Waals surface area contributed by atoms with Crippen LogP contribution in [0.2, 0.25) is 0 Å². The highest BCUT2D eigenvalue weighted by Gasteiger charge is 2.11. The highest BCUT2D eigenvalue weighted by molar-refractivity contribution is 9.10. The predicted molar refractivity (Wildman–Crippen MR) is 87.2 cm³/mol. The maximum atomic E-state index is 14.1. The van der Waals surface area contributed by atoms with Crippen molar-refractivity contribution in [3.05, 3.63) is 57.8 Å². The molecule has 0 aliphatic carbocycles. The van der Waals surface area contributed by atoms with Crippen molar-refractivity contribution < 1.29 is 4.39 Å². The predicted octanol–water partition coefficient (Wildman–Crippen LogP) is 5.55. The van der Waals surface area contributed by atoms with E-state index in [4.69, 9.17) is 5.26 Å². The van der Waals surface area contributed by atoms with Gasteiger partial charge in [0, 0.05) is 5.69 Å². The number of nitrogens with zero attached hydrogens (tertiary/aromatic N) is 1. The molecular formula is C17H16BrFN2. The lowest BCUT2D eigenvalue weighted by Gasteiger charge is -2.10. The molecule has 0 unspecified atom stereocenters. The molecule has 2 rings (SSSR count). The maximum Gasteiger partial charge on any atom is 0.162 e. The van der Waals surface area contributed by atoms with Crippen molar-refractivity contribution in [2.45, 2.75) is 26.2 Å². The summed E-state index contributed by atoms with van der Waals surface area (Å²) in [6, 6.07) is 13.1. The van der Waals surface area contributed by atoms with Crippen LogP contribution in [0, 0.1) is 17.1 Å². The van der Waals surface area contributed by atoms with Crippen molar-refractivity contribution in [2.24, 2.45) is 0 Å². The standard InChI is InChI=1S/C17H16BrFN2/c1-2-3-4-12-5-8-14(9-6-12)21-15-10-7-13(11-20)16(18)17(15)19/h5-10,21H,2-4H2,1H3. The average Bonchev–Trinajstić information content (AvgIpc) is 2.51. The van der Waals surface area contributed by atoms with E-state index in [-0.39, 0.29) is 10.0 Å². The molecule has 2 aromatic rings. The van der Waals surface area contributed by atoms with Gasteiger partial charge in [-0.1, -0.05) is 25.5 Å². The Labute approximate surface area is 132 Å². The van der Waals surface area contributed by atoms with Crippen molar-refractivity contribution in [3.8, 4) is 6.07 Å². The van der Waals surface area contributed by atoms with E-state index < -0.39 is 5.82 Å². The summed E-state index contributed by atoms with van der Waals surface area (Å²) < 4.78 is 14.3. The molecule has 0 fully saturated rings. The molecule has 108 valence electrons. The first-order chi connectivity index (χ1) is 10.2. The van der Waals surface area contributed by atoms with Crippen LogP contribution in [0.1, 0.15) is 30.9 Å². The summed E-state index contributed by atoms with van der Waals surface area (Å²) in [6.07, 6.45) is 3.40. The van der Waals surface area contributed by atoms with E-state index in [9.17, 15) is 4.39 Å². The first-order valence-corrected chi connectivity index (χ1v) is 7.69. The summed E-state index contributed by atoms with van der Waals surface area (Å²) in [4.78, 5) is 0. The number of aryl methyl sites for hydroxylation is 1. The minimum Gasteiger partial charge on any atom is -0.353 e. The molecule has 0 aliphatic heterocycles. The molecule has 0 bridgehead atoms. The second-order valence-corrected chi connectivity index (χ2v) is 5.62. The Morgan fingerprint density at radius 2 is 1.90 bits per heavy atom. The first-order valence-electron chi connectivity index (χ1n) is 6.89. The molecule has 0 aliphatic rings. The number of rotatable bonds is 5. The van der Waals surface area contributed by atoms with Gasteiger partial charge >= 0.3 is 0 Å². The summed E-state index contributed by atoms with van der Waals surface area (Å²) in [6.45, 7) is 2.17. The van der Waals surface area contributed by atoms with Crippen LogP contribution in [0.3, 0.4) is 0 Å².